The molecule has 0 radical (unpaired) electrons. The maximum Gasteiger partial charge on any atom is 0.0547 e. The number of benzene rings is 10. The summed E-state index contributed by atoms with van der Waals surface area (Å²) in [6.07, 6.45) is 0. The molecule has 0 amide bonds. The molecule has 0 unspecified atom stereocenters. The lowest BCUT2D eigenvalue weighted by Gasteiger charge is -2.11. The highest BCUT2D eigenvalue weighted by Crippen LogP contribution is 2.41. The Morgan fingerprint density at radius 2 is 0.469 bits per heavy atom. The number of rotatable bonds is 6. The van der Waals surface area contributed by atoms with Crippen molar-refractivity contribution in [2.75, 3.05) is 0 Å². The molecule has 0 saturated heterocycles. The fourth-order valence-electron chi connectivity index (χ4n) is 10.3. The number of fused-ring (bicyclic) bond motifs is 9. The minimum absolute atomic E-state index is 1.14. The molecule has 0 atom stereocenters. The number of hydrogen-bond donors (Lipinski definition) is 0. The highest BCUT2D eigenvalue weighted by molar-refractivity contribution is 6.14. The summed E-state index contributed by atoms with van der Waals surface area (Å²) in [6, 6.07) is 84.6. The van der Waals surface area contributed by atoms with Gasteiger partial charge in [0.25, 0.3) is 0 Å². The third-order valence-electron chi connectivity index (χ3n) is 13.5. The first-order chi connectivity index (χ1) is 31.6. The second kappa shape index (κ2) is 14.3. The first kappa shape index (κ1) is 36.3. The van der Waals surface area contributed by atoms with Gasteiger partial charge in [-0.3, -0.25) is 0 Å². The van der Waals surface area contributed by atoms with Crippen molar-refractivity contribution in [2.45, 2.75) is 0 Å². The quantitative estimate of drug-likeness (QED) is 0.159. The van der Waals surface area contributed by atoms with Gasteiger partial charge in [0.1, 0.15) is 0 Å². The average molecular weight is 816 g/mol. The Labute approximate surface area is 370 Å². The summed E-state index contributed by atoms with van der Waals surface area (Å²) >= 11 is 0. The fourth-order valence-corrected chi connectivity index (χ4v) is 10.3. The molecule has 3 aromatic heterocycles. The van der Waals surface area contributed by atoms with Crippen LogP contribution in [0.4, 0.5) is 0 Å². The van der Waals surface area contributed by atoms with Gasteiger partial charge in [-0.05, 0) is 93.0 Å². The zero-order valence-corrected chi connectivity index (χ0v) is 35.3. The third kappa shape index (κ3) is 5.68. The van der Waals surface area contributed by atoms with E-state index in [9.17, 15) is 0 Å². The first-order valence-electron chi connectivity index (χ1n) is 22.1. The zero-order chi connectivity index (χ0) is 42.3. The Morgan fingerprint density at radius 3 is 0.750 bits per heavy atom. The summed E-state index contributed by atoms with van der Waals surface area (Å²) in [5.74, 6) is 0. The highest BCUT2D eigenvalue weighted by Gasteiger charge is 2.19. The SMILES string of the molecule is Cn1c2cc(-n3c4cc(-c5ccccc5)ccc4c4ccc(-c5ccccc5)cc43)ccc2c2ccc(-n3c4cc(-c5ccccc5)ccc4c4ccc(-c5ccccc5)cc43)cc21. The van der Waals surface area contributed by atoms with Crippen molar-refractivity contribution in [3.8, 4) is 55.9 Å². The van der Waals surface area contributed by atoms with Crippen LogP contribution in [-0.2, 0) is 7.05 Å². The van der Waals surface area contributed by atoms with E-state index in [1.54, 1.807) is 0 Å². The Hall–Kier alpha value is -8.40. The molecule has 64 heavy (non-hydrogen) atoms. The number of hydrogen-bond acceptors (Lipinski definition) is 0. The maximum absolute atomic E-state index is 2.47. The van der Waals surface area contributed by atoms with Crippen LogP contribution in [0, 0.1) is 0 Å². The van der Waals surface area contributed by atoms with Crippen molar-refractivity contribution < 1.29 is 0 Å². The lowest BCUT2D eigenvalue weighted by Crippen LogP contribution is -1.96. The van der Waals surface area contributed by atoms with Gasteiger partial charge < -0.3 is 13.7 Å². The van der Waals surface area contributed by atoms with Crippen LogP contribution in [0.1, 0.15) is 0 Å². The Morgan fingerprint density at radius 1 is 0.219 bits per heavy atom. The van der Waals surface area contributed by atoms with Crippen LogP contribution in [0.3, 0.4) is 0 Å². The molecular formula is C61H41N3. The molecule has 0 aliphatic carbocycles. The van der Waals surface area contributed by atoms with Gasteiger partial charge >= 0.3 is 0 Å². The van der Waals surface area contributed by atoms with Crippen LogP contribution in [0.2, 0.25) is 0 Å². The summed E-state index contributed by atoms with van der Waals surface area (Å²) in [5, 5.41) is 7.45. The van der Waals surface area contributed by atoms with Gasteiger partial charge in [0.15, 0.2) is 0 Å². The molecule has 3 nitrogen and oxygen atoms in total. The average Bonchev–Trinajstić information content (AvgIpc) is 3.98. The largest absolute Gasteiger partial charge is 0.343 e. The van der Waals surface area contributed by atoms with Crippen molar-refractivity contribution in [1.29, 1.82) is 0 Å². The molecule has 0 aliphatic rings. The molecule has 0 bridgehead atoms. The van der Waals surface area contributed by atoms with Crippen molar-refractivity contribution >= 4 is 65.4 Å². The van der Waals surface area contributed by atoms with Crippen molar-refractivity contribution in [1.82, 2.24) is 13.7 Å². The van der Waals surface area contributed by atoms with Crippen LogP contribution in [0.5, 0.6) is 0 Å². The molecule has 10 aromatic carbocycles. The minimum atomic E-state index is 1.14. The standard InChI is InChI=1S/C61H41N3/c1-62-56-38-48(63-58-34-44(40-14-6-2-7-15-40)22-28-52(58)53-29-23-45(35-59(53)63)41-16-8-3-9-17-41)26-32-50(56)51-33-27-49(39-57(51)62)64-60-36-46(42-18-10-4-11-19-42)24-30-54(60)55-31-25-47(37-61(55)64)43-20-12-5-13-21-43/h2-39H,1H3. The summed E-state index contributed by atoms with van der Waals surface area (Å²) in [5.41, 5.74) is 19.1. The van der Waals surface area contributed by atoms with E-state index in [2.05, 4.69) is 251 Å². The van der Waals surface area contributed by atoms with Crippen LogP contribution in [0.15, 0.2) is 231 Å². The predicted octanol–water partition coefficient (Wildman–Crippen LogP) is 16.2. The van der Waals surface area contributed by atoms with Crippen LogP contribution in [-0.4, -0.2) is 13.7 Å². The lowest BCUT2D eigenvalue weighted by molar-refractivity contribution is 1.01. The normalized spacial score (nSPS) is 11.8. The van der Waals surface area contributed by atoms with Gasteiger partial charge in [-0.2, -0.15) is 0 Å². The molecule has 300 valence electrons. The molecule has 0 aliphatic heterocycles. The van der Waals surface area contributed by atoms with Crippen LogP contribution >= 0.6 is 0 Å². The van der Waals surface area contributed by atoms with Gasteiger partial charge in [-0.25, -0.2) is 0 Å². The molecular weight excluding hydrogens is 775 g/mol. The number of aryl methyl sites for hydroxylation is 1. The number of nitrogens with zero attached hydrogens (tertiary/aromatic N) is 3. The van der Waals surface area contributed by atoms with Gasteiger partial charge in [-0.1, -0.05) is 182 Å². The molecule has 0 fully saturated rings. The van der Waals surface area contributed by atoms with E-state index in [-0.39, 0.29) is 0 Å². The summed E-state index contributed by atoms with van der Waals surface area (Å²) in [4.78, 5) is 0. The molecule has 13 aromatic rings. The maximum atomic E-state index is 2.47. The molecule has 3 heteroatoms. The van der Waals surface area contributed by atoms with E-state index >= 15 is 0 Å². The van der Waals surface area contributed by atoms with Gasteiger partial charge in [0.2, 0.25) is 0 Å². The summed E-state index contributed by atoms with van der Waals surface area (Å²) < 4.78 is 7.33. The Bertz CT molecular complexity index is 3480. The zero-order valence-electron chi connectivity index (χ0n) is 35.3. The van der Waals surface area contributed by atoms with Crippen molar-refractivity contribution in [3.63, 3.8) is 0 Å². The fraction of sp³-hybridized carbons (Fsp3) is 0.0164. The van der Waals surface area contributed by atoms with E-state index in [1.807, 2.05) is 0 Å². The molecule has 0 spiro atoms. The van der Waals surface area contributed by atoms with Gasteiger partial charge in [-0.15, -0.1) is 0 Å². The highest BCUT2D eigenvalue weighted by atomic mass is 15.0. The van der Waals surface area contributed by atoms with Crippen molar-refractivity contribution in [3.05, 3.63) is 231 Å². The van der Waals surface area contributed by atoms with E-state index in [1.165, 1.54) is 110 Å². The Balaban J connectivity index is 1.02. The molecule has 0 N–H and O–H groups in total. The van der Waals surface area contributed by atoms with E-state index in [0.717, 1.165) is 11.4 Å². The van der Waals surface area contributed by atoms with Crippen LogP contribution in [0.25, 0.3) is 121 Å². The monoisotopic (exact) mass is 815 g/mol. The van der Waals surface area contributed by atoms with Gasteiger partial charge in [0.05, 0.1) is 33.1 Å². The third-order valence-corrected chi connectivity index (χ3v) is 13.5. The van der Waals surface area contributed by atoms with E-state index < -0.39 is 0 Å². The molecule has 0 saturated carbocycles. The van der Waals surface area contributed by atoms with Crippen LogP contribution < -0.4 is 0 Å². The first-order valence-corrected chi connectivity index (χ1v) is 22.1. The second-order valence-electron chi connectivity index (χ2n) is 17.0. The van der Waals surface area contributed by atoms with Gasteiger partial charge in [0, 0.05) is 50.7 Å². The summed E-state index contributed by atoms with van der Waals surface area (Å²) in [6.45, 7) is 0. The molecule has 13 rings (SSSR count). The number of aromatic nitrogens is 3. The van der Waals surface area contributed by atoms with Crippen molar-refractivity contribution in [2.24, 2.45) is 7.05 Å². The second-order valence-corrected chi connectivity index (χ2v) is 17.0. The Kier molecular flexibility index (Phi) is 8.13. The predicted molar refractivity (Wildman–Crippen MR) is 271 cm³/mol. The topological polar surface area (TPSA) is 14.8 Å². The lowest BCUT2D eigenvalue weighted by atomic mass is 10.0. The van der Waals surface area contributed by atoms with E-state index in [0.29, 0.717) is 0 Å². The minimum Gasteiger partial charge on any atom is -0.343 e. The van der Waals surface area contributed by atoms with E-state index in [4.69, 9.17) is 0 Å². The molecule has 3 heterocycles. The smallest absolute Gasteiger partial charge is 0.0547 e. The summed E-state index contributed by atoms with van der Waals surface area (Å²) in [7, 11) is 2.22.